The first-order chi connectivity index (χ1) is 9.58. The fraction of sp³-hybridized carbons (Fsp3) is 0.231. The summed E-state index contributed by atoms with van der Waals surface area (Å²) in [5.41, 5.74) is 5.92. The molecule has 4 N–H and O–H groups in total. The van der Waals surface area contributed by atoms with Gasteiger partial charge in [0.25, 0.3) is 0 Å². The van der Waals surface area contributed by atoms with E-state index in [4.69, 9.17) is 5.73 Å². The molecule has 5 nitrogen and oxygen atoms in total. The van der Waals surface area contributed by atoms with Gasteiger partial charge in [-0.15, -0.1) is 0 Å². The average Bonchev–Trinajstić information content (AvgIpc) is 2.37. The maximum absolute atomic E-state index is 13.5. The van der Waals surface area contributed by atoms with Gasteiger partial charge in [-0.2, -0.15) is 9.97 Å². The number of hydrogen-bond acceptors (Lipinski definition) is 5. The quantitative estimate of drug-likeness (QED) is 0.783. The van der Waals surface area contributed by atoms with Gasteiger partial charge in [-0.25, -0.2) is 8.78 Å². The van der Waals surface area contributed by atoms with E-state index >= 15 is 0 Å². The van der Waals surface area contributed by atoms with Crippen molar-refractivity contribution < 1.29 is 8.78 Å². The molecule has 0 amide bonds. The molecule has 0 saturated heterocycles. The van der Waals surface area contributed by atoms with Crippen molar-refractivity contribution in [1.82, 2.24) is 9.97 Å². The molecule has 0 saturated carbocycles. The van der Waals surface area contributed by atoms with E-state index in [1.807, 2.05) is 6.92 Å². The van der Waals surface area contributed by atoms with E-state index in [1.54, 1.807) is 6.07 Å². The van der Waals surface area contributed by atoms with Gasteiger partial charge in [0, 0.05) is 30.8 Å². The molecule has 0 radical (unpaired) electrons. The minimum absolute atomic E-state index is 0.116. The predicted octanol–water partition coefficient (Wildman–Crippen LogP) is 2.38. The summed E-state index contributed by atoms with van der Waals surface area (Å²) in [5, 5.41) is 5.94. The fourth-order valence-electron chi connectivity index (χ4n) is 1.68. The smallest absolute Gasteiger partial charge is 0.223 e. The van der Waals surface area contributed by atoms with Gasteiger partial charge < -0.3 is 16.4 Å². The number of hydrogen-bond donors (Lipinski definition) is 3. The molecule has 1 aromatic carbocycles. The van der Waals surface area contributed by atoms with E-state index < -0.39 is 11.6 Å². The van der Waals surface area contributed by atoms with Crippen LogP contribution >= 0.6 is 0 Å². The SMILES string of the molecule is CCNc1cc(NCc2ccc(F)cc2F)nc(N)n1. The van der Waals surface area contributed by atoms with E-state index in [9.17, 15) is 8.78 Å². The Bertz CT molecular complexity index is 603. The molecular formula is C13H15F2N5. The second-order valence-electron chi connectivity index (χ2n) is 4.12. The molecule has 0 unspecified atom stereocenters. The summed E-state index contributed by atoms with van der Waals surface area (Å²) in [6, 6.07) is 5.10. The molecule has 0 spiro atoms. The summed E-state index contributed by atoms with van der Waals surface area (Å²) in [6.45, 7) is 2.80. The second-order valence-corrected chi connectivity index (χ2v) is 4.12. The van der Waals surface area contributed by atoms with Crippen LogP contribution in [0.15, 0.2) is 24.3 Å². The summed E-state index contributed by atoms with van der Waals surface area (Å²) >= 11 is 0. The maximum atomic E-state index is 13.5. The first-order valence-corrected chi connectivity index (χ1v) is 6.14. The van der Waals surface area contributed by atoms with Crippen molar-refractivity contribution in [2.24, 2.45) is 0 Å². The van der Waals surface area contributed by atoms with Gasteiger partial charge in [0.2, 0.25) is 5.95 Å². The van der Waals surface area contributed by atoms with E-state index in [0.717, 1.165) is 6.07 Å². The Morgan fingerprint density at radius 3 is 2.45 bits per heavy atom. The molecule has 0 bridgehead atoms. The molecule has 20 heavy (non-hydrogen) atoms. The third kappa shape index (κ3) is 3.53. The zero-order valence-electron chi connectivity index (χ0n) is 11.0. The molecule has 2 aromatic rings. The summed E-state index contributed by atoms with van der Waals surface area (Å²) in [5.74, 6) is -0.0387. The number of nitrogens with zero attached hydrogens (tertiary/aromatic N) is 2. The molecule has 106 valence electrons. The highest BCUT2D eigenvalue weighted by Crippen LogP contribution is 2.15. The van der Waals surface area contributed by atoms with Gasteiger partial charge in [-0.05, 0) is 13.0 Å². The van der Waals surface area contributed by atoms with Crippen molar-refractivity contribution in [1.29, 1.82) is 0 Å². The lowest BCUT2D eigenvalue weighted by Gasteiger charge is -2.09. The molecule has 2 rings (SSSR count). The second kappa shape index (κ2) is 6.14. The van der Waals surface area contributed by atoms with Gasteiger partial charge >= 0.3 is 0 Å². The Hall–Kier alpha value is -2.44. The van der Waals surface area contributed by atoms with Crippen LogP contribution in [0.5, 0.6) is 0 Å². The van der Waals surface area contributed by atoms with E-state index in [0.29, 0.717) is 23.7 Å². The number of rotatable bonds is 5. The van der Waals surface area contributed by atoms with Crippen LogP contribution in [0.2, 0.25) is 0 Å². The third-order valence-electron chi connectivity index (χ3n) is 2.58. The number of nitrogen functional groups attached to an aromatic ring is 1. The molecule has 0 aliphatic heterocycles. The molecule has 0 aliphatic rings. The Morgan fingerprint density at radius 1 is 1.10 bits per heavy atom. The van der Waals surface area contributed by atoms with Crippen LogP contribution < -0.4 is 16.4 Å². The van der Waals surface area contributed by atoms with Crippen molar-refractivity contribution >= 4 is 17.6 Å². The van der Waals surface area contributed by atoms with Gasteiger partial charge in [-0.3, -0.25) is 0 Å². The number of nitrogens with two attached hydrogens (primary N) is 1. The molecular weight excluding hydrogens is 264 g/mol. The molecule has 1 heterocycles. The minimum Gasteiger partial charge on any atom is -0.370 e. The van der Waals surface area contributed by atoms with E-state index in [-0.39, 0.29) is 12.5 Å². The Labute approximate surface area is 115 Å². The number of halogens is 2. The van der Waals surface area contributed by atoms with Crippen LogP contribution in [0, 0.1) is 11.6 Å². The Kier molecular flexibility index (Phi) is 4.29. The van der Waals surface area contributed by atoms with Gasteiger partial charge in [-0.1, -0.05) is 6.07 Å². The molecule has 7 heteroatoms. The topological polar surface area (TPSA) is 75.9 Å². The third-order valence-corrected chi connectivity index (χ3v) is 2.58. The van der Waals surface area contributed by atoms with Gasteiger partial charge in [0.1, 0.15) is 23.3 Å². The van der Waals surface area contributed by atoms with Crippen molar-refractivity contribution in [2.45, 2.75) is 13.5 Å². The molecule has 0 atom stereocenters. The van der Waals surface area contributed by atoms with Crippen molar-refractivity contribution in [3.63, 3.8) is 0 Å². The standard InChI is InChI=1S/C13H15F2N5/c1-2-17-11-6-12(20-13(16)19-11)18-7-8-3-4-9(14)5-10(8)15/h3-6H,2,7H2,1H3,(H4,16,17,18,19,20). The van der Waals surface area contributed by atoms with Crippen LogP contribution in [0.25, 0.3) is 0 Å². The van der Waals surface area contributed by atoms with E-state index in [1.165, 1.54) is 12.1 Å². The van der Waals surface area contributed by atoms with Crippen molar-refractivity contribution in [3.05, 3.63) is 41.5 Å². The largest absolute Gasteiger partial charge is 0.370 e. The van der Waals surface area contributed by atoms with Crippen LogP contribution in [0.4, 0.5) is 26.4 Å². The maximum Gasteiger partial charge on any atom is 0.223 e. The first-order valence-electron chi connectivity index (χ1n) is 6.14. The highest BCUT2D eigenvalue weighted by molar-refractivity contribution is 5.51. The lowest BCUT2D eigenvalue weighted by atomic mass is 10.2. The van der Waals surface area contributed by atoms with Crippen LogP contribution in [0.3, 0.4) is 0 Å². The zero-order chi connectivity index (χ0) is 14.5. The molecule has 1 aromatic heterocycles. The highest BCUT2D eigenvalue weighted by Gasteiger charge is 2.05. The first kappa shape index (κ1) is 14.0. The van der Waals surface area contributed by atoms with Crippen LogP contribution in [-0.2, 0) is 6.54 Å². The number of nitrogens with one attached hydrogen (secondary N) is 2. The fourth-order valence-corrected chi connectivity index (χ4v) is 1.68. The van der Waals surface area contributed by atoms with Crippen LogP contribution in [0.1, 0.15) is 12.5 Å². The molecule has 0 fully saturated rings. The van der Waals surface area contributed by atoms with Gasteiger partial charge in [0.15, 0.2) is 0 Å². The summed E-state index contributed by atoms with van der Waals surface area (Å²) in [4.78, 5) is 8.00. The van der Waals surface area contributed by atoms with Crippen molar-refractivity contribution in [3.8, 4) is 0 Å². The van der Waals surface area contributed by atoms with Gasteiger partial charge in [0.05, 0.1) is 0 Å². The Balaban J connectivity index is 2.10. The lowest BCUT2D eigenvalue weighted by molar-refractivity contribution is 0.574. The number of aromatic nitrogens is 2. The highest BCUT2D eigenvalue weighted by atomic mass is 19.1. The summed E-state index contributed by atoms with van der Waals surface area (Å²) in [6.07, 6.45) is 0. The van der Waals surface area contributed by atoms with Crippen molar-refractivity contribution in [2.75, 3.05) is 22.9 Å². The number of benzene rings is 1. The normalized spacial score (nSPS) is 10.3. The zero-order valence-corrected chi connectivity index (χ0v) is 11.0. The predicted molar refractivity (Wildman–Crippen MR) is 74.3 cm³/mol. The lowest BCUT2D eigenvalue weighted by Crippen LogP contribution is -2.08. The van der Waals surface area contributed by atoms with E-state index in [2.05, 4.69) is 20.6 Å². The minimum atomic E-state index is -0.605. The number of anilines is 3. The average molecular weight is 279 g/mol. The molecule has 0 aliphatic carbocycles. The summed E-state index contributed by atoms with van der Waals surface area (Å²) < 4.78 is 26.3. The monoisotopic (exact) mass is 279 g/mol. The van der Waals surface area contributed by atoms with Crippen LogP contribution in [-0.4, -0.2) is 16.5 Å². The Morgan fingerprint density at radius 2 is 1.80 bits per heavy atom. The summed E-state index contributed by atoms with van der Waals surface area (Å²) in [7, 11) is 0.